The van der Waals surface area contributed by atoms with Crippen LogP contribution in [0.3, 0.4) is 0 Å². The van der Waals surface area contributed by atoms with E-state index in [1.54, 1.807) is 6.92 Å². The molecule has 0 radical (unpaired) electrons. The maximum atomic E-state index is 12.0. The fourth-order valence-corrected chi connectivity index (χ4v) is 2.30. The first-order valence-corrected chi connectivity index (χ1v) is 7.47. The summed E-state index contributed by atoms with van der Waals surface area (Å²) in [5.74, 6) is 1.01. The van der Waals surface area contributed by atoms with Crippen molar-refractivity contribution in [1.82, 2.24) is 25.3 Å². The molecule has 8 heteroatoms. The molecule has 1 fully saturated rings. The van der Waals surface area contributed by atoms with Crippen LogP contribution >= 0.6 is 0 Å². The van der Waals surface area contributed by atoms with Crippen LogP contribution in [0.5, 0.6) is 0 Å². The van der Waals surface area contributed by atoms with Gasteiger partial charge in [0, 0.05) is 36.8 Å². The molecule has 0 unspecified atom stereocenters. The van der Waals surface area contributed by atoms with Gasteiger partial charge < -0.3 is 15.3 Å². The quantitative estimate of drug-likeness (QED) is 0.718. The summed E-state index contributed by atoms with van der Waals surface area (Å²) < 4.78 is 0. The van der Waals surface area contributed by atoms with Crippen LogP contribution in [0.15, 0.2) is 21.9 Å². The van der Waals surface area contributed by atoms with Crippen molar-refractivity contribution in [2.45, 2.75) is 32.1 Å². The number of nitrogens with one attached hydrogen (secondary N) is 3. The molecule has 0 bridgehead atoms. The number of aromatic amines is 2. The molecule has 0 aliphatic heterocycles. The molecule has 3 rings (SSSR count). The molecule has 0 spiro atoms. The normalized spacial score (nSPS) is 13.8. The third-order valence-corrected chi connectivity index (χ3v) is 3.61. The van der Waals surface area contributed by atoms with Crippen LogP contribution in [0.4, 0.5) is 0 Å². The molecule has 2 aromatic heterocycles. The fraction of sp³-hybridized carbons (Fsp3) is 0.400. The van der Waals surface area contributed by atoms with Crippen LogP contribution in [0.2, 0.25) is 0 Å². The zero-order valence-corrected chi connectivity index (χ0v) is 12.7. The van der Waals surface area contributed by atoms with E-state index >= 15 is 0 Å². The SMILES string of the molecule is Cc1nc(CCNC(=O)c2cnc(C3CC3)[nH]c2=O)cc(=O)[nH]1. The Bertz CT molecular complexity index is 851. The van der Waals surface area contributed by atoms with Gasteiger partial charge in [-0.2, -0.15) is 0 Å². The van der Waals surface area contributed by atoms with Crippen LogP contribution in [0, 0.1) is 6.92 Å². The molecule has 0 atom stereocenters. The molecule has 8 nitrogen and oxygen atoms in total. The Morgan fingerprint density at radius 2 is 2.13 bits per heavy atom. The molecule has 1 aliphatic rings. The van der Waals surface area contributed by atoms with Crippen LogP contribution in [0.25, 0.3) is 0 Å². The average Bonchev–Trinajstić information content (AvgIpc) is 3.30. The Hall–Kier alpha value is -2.77. The second-order valence-electron chi connectivity index (χ2n) is 5.61. The van der Waals surface area contributed by atoms with E-state index in [0.29, 0.717) is 29.7 Å². The standard InChI is InChI=1S/C15H17N5O3/c1-8-18-10(6-12(21)19-8)4-5-16-14(22)11-7-17-13(9-2-3-9)20-15(11)23/h6-7,9H,2-5H2,1H3,(H,16,22)(H,17,20,23)(H,18,19,21). The first kappa shape index (κ1) is 15.1. The van der Waals surface area contributed by atoms with Gasteiger partial charge in [-0.3, -0.25) is 14.4 Å². The van der Waals surface area contributed by atoms with Gasteiger partial charge in [0.1, 0.15) is 17.2 Å². The first-order valence-electron chi connectivity index (χ1n) is 7.47. The molecule has 1 amide bonds. The highest BCUT2D eigenvalue weighted by atomic mass is 16.2. The van der Waals surface area contributed by atoms with E-state index in [4.69, 9.17) is 0 Å². The summed E-state index contributed by atoms with van der Waals surface area (Å²) in [6.45, 7) is 1.97. The fourth-order valence-electron chi connectivity index (χ4n) is 2.30. The number of hydrogen-bond donors (Lipinski definition) is 3. The predicted octanol–water partition coefficient (Wildman–Crippen LogP) is 0.0115. The molecule has 120 valence electrons. The number of aromatic nitrogens is 4. The van der Waals surface area contributed by atoms with Gasteiger partial charge in [0.15, 0.2) is 0 Å². The summed E-state index contributed by atoms with van der Waals surface area (Å²) in [4.78, 5) is 48.8. The molecule has 3 N–H and O–H groups in total. The van der Waals surface area contributed by atoms with Crippen LogP contribution in [-0.4, -0.2) is 32.4 Å². The molecular formula is C15H17N5O3. The Labute approximate surface area is 131 Å². The minimum absolute atomic E-state index is 0.00977. The van der Waals surface area contributed by atoms with Gasteiger partial charge in [-0.05, 0) is 19.8 Å². The van der Waals surface area contributed by atoms with Crippen molar-refractivity contribution in [1.29, 1.82) is 0 Å². The zero-order valence-electron chi connectivity index (χ0n) is 12.7. The molecule has 2 aromatic rings. The molecule has 23 heavy (non-hydrogen) atoms. The average molecular weight is 315 g/mol. The Kier molecular flexibility index (Phi) is 4.05. The number of nitrogens with zero attached hydrogens (tertiary/aromatic N) is 2. The topological polar surface area (TPSA) is 121 Å². The van der Waals surface area contributed by atoms with Crippen LogP contribution in [-0.2, 0) is 6.42 Å². The summed E-state index contributed by atoms with van der Waals surface area (Å²) in [5, 5.41) is 2.64. The smallest absolute Gasteiger partial charge is 0.263 e. The third-order valence-electron chi connectivity index (χ3n) is 3.61. The van der Waals surface area contributed by atoms with Crippen molar-refractivity contribution in [2.75, 3.05) is 6.54 Å². The summed E-state index contributed by atoms with van der Waals surface area (Å²) in [7, 11) is 0. The first-order chi connectivity index (χ1) is 11.0. The molecule has 1 saturated carbocycles. The number of aryl methyl sites for hydroxylation is 1. The van der Waals surface area contributed by atoms with Crippen LogP contribution < -0.4 is 16.4 Å². The van der Waals surface area contributed by atoms with E-state index in [2.05, 4.69) is 25.3 Å². The maximum Gasteiger partial charge on any atom is 0.263 e. The summed E-state index contributed by atoms with van der Waals surface area (Å²) in [6, 6.07) is 1.39. The highest BCUT2D eigenvalue weighted by Gasteiger charge is 2.26. The van der Waals surface area contributed by atoms with E-state index < -0.39 is 11.5 Å². The predicted molar refractivity (Wildman–Crippen MR) is 82.5 cm³/mol. The number of carbonyl (C=O) groups excluding carboxylic acids is 1. The van der Waals surface area contributed by atoms with Crippen LogP contribution in [0.1, 0.15) is 46.5 Å². The lowest BCUT2D eigenvalue weighted by molar-refractivity contribution is 0.0952. The molecular weight excluding hydrogens is 298 g/mol. The van der Waals surface area contributed by atoms with Gasteiger partial charge in [0.05, 0.1) is 0 Å². The van der Waals surface area contributed by atoms with Crippen molar-refractivity contribution in [2.24, 2.45) is 0 Å². The zero-order chi connectivity index (χ0) is 16.4. The molecule has 0 aromatic carbocycles. The number of amides is 1. The van der Waals surface area contributed by atoms with Crippen molar-refractivity contribution < 1.29 is 4.79 Å². The minimum Gasteiger partial charge on any atom is -0.351 e. The van der Waals surface area contributed by atoms with Crippen molar-refractivity contribution in [3.8, 4) is 0 Å². The lowest BCUT2D eigenvalue weighted by Crippen LogP contribution is -2.32. The summed E-state index contributed by atoms with van der Waals surface area (Å²) in [6.07, 6.45) is 3.77. The summed E-state index contributed by atoms with van der Waals surface area (Å²) in [5.41, 5.74) is -0.0771. The molecule has 2 heterocycles. The highest BCUT2D eigenvalue weighted by Crippen LogP contribution is 2.37. The van der Waals surface area contributed by atoms with Crippen molar-refractivity contribution >= 4 is 5.91 Å². The summed E-state index contributed by atoms with van der Waals surface area (Å²) >= 11 is 0. The minimum atomic E-state index is -0.484. The van der Waals surface area contributed by atoms with Gasteiger partial charge in [-0.15, -0.1) is 0 Å². The lowest BCUT2D eigenvalue weighted by Gasteiger charge is -2.05. The second-order valence-corrected chi connectivity index (χ2v) is 5.61. The van der Waals surface area contributed by atoms with E-state index in [-0.39, 0.29) is 17.7 Å². The van der Waals surface area contributed by atoms with Gasteiger partial charge in [0.2, 0.25) is 0 Å². The van der Waals surface area contributed by atoms with Gasteiger partial charge in [-0.1, -0.05) is 0 Å². The number of H-pyrrole nitrogens is 2. The molecule has 0 saturated heterocycles. The van der Waals surface area contributed by atoms with E-state index in [1.165, 1.54) is 12.3 Å². The molecule has 1 aliphatic carbocycles. The van der Waals surface area contributed by atoms with E-state index in [1.807, 2.05) is 0 Å². The Morgan fingerprint density at radius 1 is 1.35 bits per heavy atom. The van der Waals surface area contributed by atoms with Crippen molar-refractivity contribution in [3.63, 3.8) is 0 Å². The van der Waals surface area contributed by atoms with E-state index in [9.17, 15) is 14.4 Å². The monoisotopic (exact) mass is 315 g/mol. The lowest BCUT2D eigenvalue weighted by atomic mass is 10.2. The number of carbonyl (C=O) groups is 1. The highest BCUT2D eigenvalue weighted by molar-refractivity contribution is 5.93. The Morgan fingerprint density at radius 3 is 2.78 bits per heavy atom. The Balaban J connectivity index is 1.61. The largest absolute Gasteiger partial charge is 0.351 e. The number of hydrogen-bond acceptors (Lipinski definition) is 5. The second kappa shape index (κ2) is 6.15. The van der Waals surface area contributed by atoms with Crippen molar-refractivity contribution in [3.05, 3.63) is 55.9 Å². The third kappa shape index (κ3) is 3.71. The van der Waals surface area contributed by atoms with E-state index in [0.717, 1.165) is 12.8 Å². The van der Waals surface area contributed by atoms with Gasteiger partial charge in [-0.25, -0.2) is 9.97 Å². The van der Waals surface area contributed by atoms with Gasteiger partial charge in [0.25, 0.3) is 17.0 Å². The van der Waals surface area contributed by atoms with Gasteiger partial charge >= 0.3 is 0 Å². The number of rotatable bonds is 5. The maximum absolute atomic E-state index is 12.0.